The van der Waals surface area contributed by atoms with E-state index in [9.17, 15) is 0 Å². The summed E-state index contributed by atoms with van der Waals surface area (Å²) in [6, 6.07) is 7.55. The molecule has 0 bridgehead atoms. The number of aromatic nitrogens is 3. The summed E-state index contributed by atoms with van der Waals surface area (Å²) in [5.41, 5.74) is 1.79. The van der Waals surface area contributed by atoms with Gasteiger partial charge in [-0.15, -0.1) is 5.10 Å². The number of hydrogen-bond donors (Lipinski definition) is 0. The quantitative estimate of drug-likeness (QED) is 0.718. The summed E-state index contributed by atoms with van der Waals surface area (Å²) in [5, 5.41) is 5.17. The molecule has 0 saturated carbocycles. The van der Waals surface area contributed by atoms with Gasteiger partial charge < -0.3 is 4.42 Å². The normalized spacial score (nSPS) is 11.7. The number of fused-ring (bicyclic) bond motifs is 1. The van der Waals surface area contributed by atoms with E-state index in [-0.39, 0.29) is 0 Å². The summed E-state index contributed by atoms with van der Waals surface area (Å²) in [7, 11) is 0. The fourth-order valence-corrected chi connectivity index (χ4v) is 2.66. The molecule has 0 unspecified atom stereocenters. The monoisotopic (exact) mass is 318 g/mol. The first-order valence-corrected chi connectivity index (χ1v) is 7.84. The molecule has 6 heteroatoms. The van der Waals surface area contributed by atoms with Gasteiger partial charge in [0.15, 0.2) is 5.82 Å². The molecule has 0 saturated heterocycles. The number of rotatable bonds is 5. The second kappa shape index (κ2) is 6.10. The third-order valence-corrected chi connectivity index (χ3v) is 4.22. The first-order chi connectivity index (χ1) is 10.6. The smallest absolute Gasteiger partial charge is 0.325 e. The van der Waals surface area contributed by atoms with Gasteiger partial charge in [-0.2, -0.15) is 9.50 Å². The Morgan fingerprint density at radius 2 is 1.95 bits per heavy atom. The van der Waals surface area contributed by atoms with E-state index in [0.29, 0.717) is 16.7 Å². The van der Waals surface area contributed by atoms with E-state index in [4.69, 9.17) is 16.0 Å². The van der Waals surface area contributed by atoms with Crippen LogP contribution in [0.15, 0.2) is 28.7 Å². The van der Waals surface area contributed by atoms with Crippen molar-refractivity contribution < 1.29 is 4.42 Å². The van der Waals surface area contributed by atoms with Crippen molar-refractivity contribution in [2.75, 3.05) is 13.1 Å². The van der Waals surface area contributed by atoms with Crippen LogP contribution in [0.25, 0.3) is 17.2 Å². The van der Waals surface area contributed by atoms with Crippen molar-refractivity contribution in [1.82, 2.24) is 19.5 Å². The van der Waals surface area contributed by atoms with E-state index in [1.165, 1.54) is 0 Å². The van der Waals surface area contributed by atoms with Crippen LogP contribution in [-0.4, -0.2) is 32.6 Å². The van der Waals surface area contributed by atoms with Crippen LogP contribution in [0.1, 0.15) is 25.3 Å². The minimum absolute atomic E-state index is 0.509. The maximum absolute atomic E-state index is 6.20. The Labute approximate surface area is 134 Å². The molecule has 0 fully saturated rings. The first kappa shape index (κ1) is 15.1. The summed E-state index contributed by atoms with van der Waals surface area (Å²) >= 11 is 6.20. The van der Waals surface area contributed by atoms with Gasteiger partial charge in [-0.3, -0.25) is 4.90 Å². The Morgan fingerprint density at radius 1 is 1.23 bits per heavy atom. The van der Waals surface area contributed by atoms with Crippen molar-refractivity contribution in [3.05, 3.63) is 40.7 Å². The minimum atomic E-state index is 0.509. The van der Waals surface area contributed by atoms with Crippen molar-refractivity contribution >= 4 is 17.4 Å². The van der Waals surface area contributed by atoms with Crippen LogP contribution in [0.2, 0.25) is 5.02 Å². The van der Waals surface area contributed by atoms with Gasteiger partial charge in [0.25, 0.3) is 0 Å². The van der Waals surface area contributed by atoms with Crippen LogP contribution in [0, 0.1) is 6.92 Å². The van der Waals surface area contributed by atoms with Crippen molar-refractivity contribution in [1.29, 1.82) is 0 Å². The molecule has 0 radical (unpaired) electrons. The Kier molecular flexibility index (Phi) is 4.18. The Balaban J connectivity index is 1.98. The SMILES string of the molecule is CCN(CC)Cc1oc2nc(-c3ccccc3Cl)nn2c1C. The lowest BCUT2D eigenvalue weighted by Gasteiger charge is -2.16. The van der Waals surface area contributed by atoms with Gasteiger partial charge in [0, 0.05) is 5.56 Å². The summed E-state index contributed by atoms with van der Waals surface area (Å²) in [4.78, 5) is 6.76. The summed E-state index contributed by atoms with van der Waals surface area (Å²) in [6.45, 7) is 9.02. The third-order valence-electron chi connectivity index (χ3n) is 3.89. The Hall–Kier alpha value is -1.85. The molecule has 0 amide bonds. The second-order valence-corrected chi connectivity index (χ2v) is 5.59. The van der Waals surface area contributed by atoms with Crippen LogP contribution < -0.4 is 0 Å². The number of nitrogens with zero attached hydrogens (tertiary/aromatic N) is 4. The lowest BCUT2D eigenvalue weighted by atomic mass is 10.2. The predicted molar refractivity (Wildman–Crippen MR) is 87.1 cm³/mol. The number of hydrogen-bond acceptors (Lipinski definition) is 4. The fraction of sp³-hybridized carbons (Fsp3) is 0.375. The molecular formula is C16H19ClN4O. The topological polar surface area (TPSA) is 46.6 Å². The Morgan fingerprint density at radius 3 is 2.59 bits per heavy atom. The number of benzene rings is 1. The highest BCUT2D eigenvalue weighted by Gasteiger charge is 2.18. The van der Waals surface area contributed by atoms with Crippen LogP contribution in [0.4, 0.5) is 0 Å². The molecule has 5 nitrogen and oxygen atoms in total. The lowest BCUT2D eigenvalue weighted by Crippen LogP contribution is -2.22. The molecule has 0 aliphatic carbocycles. The van der Waals surface area contributed by atoms with Gasteiger partial charge in [-0.25, -0.2) is 0 Å². The molecule has 0 N–H and O–H groups in total. The van der Waals surface area contributed by atoms with Crippen molar-refractivity contribution in [2.45, 2.75) is 27.3 Å². The maximum Gasteiger partial charge on any atom is 0.325 e. The van der Waals surface area contributed by atoms with Crippen molar-refractivity contribution in [3.8, 4) is 11.4 Å². The van der Waals surface area contributed by atoms with E-state index >= 15 is 0 Å². The lowest BCUT2D eigenvalue weighted by molar-refractivity contribution is 0.270. The molecule has 3 rings (SSSR count). The van der Waals surface area contributed by atoms with Gasteiger partial charge >= 0.3 is 5.84 Å². The van der Waals surface area contributed by atoms with Gasteiger partial charge in [0.05, 0.1) is 17.3 Å². The number of halogens is 1. The molecular weight excluding hydrogens is 300 g/mol. The van der Waals surface area contributed by atoms with Crippen LogP contribution in [0.3, 0.4) is 0 Å². The predicted octanol–water partition coefficient (Wildman–Crippen LogP) is 3.79. The van der Waals surface area contributed by atoms with E-state index in [1.807, 2.05) is 31.2 Å². The first-order valence-electron chi connectivity index (χ1n) is 7.46. The standard InChI is InChI=1S/C16H19ClN4O/c1-4-20(5-2)10-14-11(3)21-16(22-14)18-15(19-21)12-8-6-7-9-13(12)17/h6-9H,4-5,10H2,1-3H3. The van der Waals surface area contributed by atoms with E-state index in [2.05, 4.69) is 28.8 Å². The average Bonchev–Trinajstić information content (AvgIpc) is 3.05. The third kappa shape index (κ3) is 2.62. The second-order valence-electron chi connectivity index (χ2n) is 5.18. The van der Waals surface area contributed by atoms with E-state index in [0.717, 1.165) is 36.7 Å². The molecule has 1 aromatic carbocycles. The molecule has 2 heterocycles. The molecule has 0 aliphatic heterocycles. The van der Waals surface area contributed by atoms with Crippen LogP contribution >= 0.6 is 11.6 Å². The molecule has 0 aliphatic rings. The highest BCUT2D eigenvalue weighted by Crippen LogP contribution is 2.26. The summed E-state index contributed by atoms with van der Waals surface area (Å²) in [5.74, 6) is 2.00. The molecule has 116 valence electrons. The van der Waals surface area contributed by atoms with Crippen LogP contribution in [0.5, 0.6) is 0 Å². The molecule has 0 atom stereocenters. The van der Waals surface area contributed by atoms with Crippen LogP contribution in [-0.2, 0) is 6.54 Å². The molecule has 22 heavy (non-hydrogen) atoms. The van der Waals surface area contributed by atoms with Gasteiger partial charge in [0.1, 0.15) is 5.76 Å². The Bertz CT molecular complexity index is 789. The highest BCUT2D eigenvalue weighted by molar-refractivity contribution is 6.33. The van der Waals surface area contributed by atoms with Gasteiger partial charge in [0.2, 0.25) is 0 Å². The summed E-state index contributed by atoms with van der Waals surface area (Å²) < 4.78 is 7.63. The number of oxazole rings is 1. The minimum Gasteiger partial charge on any atom is -0.425 e. The van der Waals surface area contributed by atoms with Gasteiger partial charge in [-0.1, -0.05) is 37.6 Å². The molecule has 3 aromatic rings. The highest BCUT2D eigenvalue weighted by atomic mass is 35.5. The van der Waals surface area contributed by atoms with Crippen molar-refractivity contribution in [3.63, 3.8) is 0 Å². The zero-order valence-electron chi connectivity index (χ0n) is 13.0. The maximum atomic E-state index is 6.20. The zero-order valence-corrected chi connectivity index (χ0v) is 13.8. The fourth-order valence-electron chi connectivity index (χ4n) is 2.44. The van der Waals surface area contributed by atoms with E-state index in [1.54, 1.807) is 4.52 Å². The average molecular weight is 319 g/mol. The number of aryl methyl sites for hydroxylation is 1. The van der Waals surface area contributed by atoms with Crippen molar-refractivity contribution in [2.24, 2.45) is 0 Å². The van der Waals surface area contributed by atoms with E-state index < -0.39 is 0 Å². The summed E-state index contributed by atoms with van der Waals surface area (Å²) in [6.07, 6.45) is 0. The molecule has 2 aromatic heterocycles. The molecule has 0 spiro atoms. The zero-order chi connectivity index (χ0) is 15.7. The largest absolute Gasteiger partial charge is 0.425 e. The van der Waals surface area contributed by atoms with Gasteiger partial charge in [-0.05, 0) is 32.1 Å².